The molecule has 1 fully saturated rings. The molecule has 0 radical (unpaired) electrons. The maximum atomic E-state index is 12.4. The van der Waals surface area contributed by atoms with Crippen LogP contribution in [0.1, 0.15) is 29.3 Å². The fourth-order valence-electron chi connectivity index (χ4n) is 3.19. The Hall–Kier alpha value is -3.17. The number of aromatic nitrogens is 2. The Labute approximate surface area is 161 Å². The van der Waals surface area contributed by atoms with E-state index in [9.17, 15) is 4.79 Å². The average Bonchev–Trinajstić information content (AvgIpc) is 3.29. The number of nitriles is 1. The Kier molecular flexibility index (Phi) is 4.61. The Morgan fingerprint density at radius 3 is 2.93 bits per heavy atom. The number of nitrogens with zero attached hydrogens (tertiary/aromatic N) is 4. The van der Waals surface area contributed by atoms with Crippen LogP contribution in [0.15, 0.2) is 53.1 Å². The van der Waals surface area contributed by atoms with Gasteiger partial charge in [-0.3, -0.25) is 4.79 Å². The van der Waals surface area contributed by atoms with E-state index in [1.807, 2.05) is 30.3 Å². The molecule has 3 aromatic rings. The van der Waals surface area contributed by atoms with Gasteiger partial charge >= 0.3 is 0 Å². The number of carbonyl (C=O) groups excluding carboxylic acids is 1. The molecule has 0 N–H and O–H groups in total. The van der Waals surface area contributed by atoms with Crippen molar-refractivity contribution in [3.63, 3.8) is 0 Å². The van der Waals surface area contributed by atoms with Crippen molar-refractivity contribution in [2.75, 3.05) is 6.54 Å². The van der Waals surface area contributed by atoms with Crippen LogP contribution in [0.4, 0.5) is 0 Å². The minimum atomic E-state index is -0.117. The number of hydrogen-bond donors (Lipinski definition) is 0. The van der Waals surface area contributed by atoms with Gasteiger partial charge in [0.15, 0.2) is 5.82 Å². The minimum absolute atomic E-state index is 0.0535. The summed E-state index contributed by atoms with van der Waals surface area (Å²) >= 11 is 6.02. The monoisotopic (exact) mass is 378 g/mol. The number of hydrogen-bond acceptors (Lipinski definition) is 5. The first-order valence-electron chi connectivity index (χ1n) is 8.49. The Bertz CT molecular complexity index is 1040. The number of carbonyl (C=O) groups is 1. The van der Waals surface area contributed by atoms with Crippen molar-refractivity contribution in [1.82, 2.24) is 15.0 Å². The number of likely N-dealkylation sites (tertiary alicyclic amines) is 1. The lowest BCUT2D eigenvalue weighted by molar-refractivity contribution is -0.128. The van der Waals surface area contributed by atoms with Crippen LogP contribution in [-0.2, 0) is 11.3 Å². The normalized spacial score (nSPS) is 16.5. The van der Waals surface area contributed by atoms with Crippen molar-refractivity contribution in [2.45, 2.75) is 18.9 Å². The zero-order valence-corrected chi connectivity index (χ0v) is 15.1. The van der Waals surface area contributed by atoms with E-state index in [4.69, 9.17) is 21.4 Å². The third-order valence-corrected chi connectivity index (χ3v) is 4.76. The van der Waals surface area contributed by atoms with E-state index in [0.717, 1.165) is 5.56 Å². The number of amides is 1. The van der Waals surface area contributed by atoms with E-state index in [1.165, 1.54) is 0 Å². The maximum absolute atomic E-state index is 12.4. The standard InChI is InChI=1S/C20H15ClN4O2/c21-17-6-2-4-14(8-17)11-25-12-16(9-18(25)26)19-23-20(27-24-19)15-5-1-3-13(7-15)10-22/h1-8,16H,9,11-12H2. The van der Waals surface area contributed by atoms with Gasteiger partial charge in [0.2, 0.25) is 5.91 Å². The summed E-state index contributed by atoms with van der Waals surface area (Å²) in [6.07, 6.45) is 0.345. The molecule has 134 valence electrons. The molecule has 1 amide bonds. The Morgan fingerprint density at radius 2 is 2.11 bits per heavy atom. The van der Waals surface area contributed by atoms with Gasteiger partial charge in [-0.15, -0.1) is 0 Å². The fourth-order valence-corrected chi connectivity index (χ4v) is 3.41. The van der Waals surface area contributed by atoms with Crippen LogP contribution in [0.25, 0.3) is 11.5 Å². The van der Waals surface area contributed by atoms with E-state index < -0.39 is 0 Å². The Morgan fingerprint density at radius 1 is 1.26 bits per heavy atom. The minimum Gasteiger partial charge on any atom is -0.338 e. The molecular formula is C20H15ClN4O2. The molecule has 2 aromatic carbocycles. The van der Waals surface area contributed by atoms with Gasteiger partial charge in [-0.1, -0.05) is 35.0 Å². The van der Waals surface area contributed by atoms with Crippen LogP contribution >= 0.6 is 11.6 Å². The molecule has 1 saturated heterocycles. The molecule has 0 spiro atoms. The van der Waals surface area contributed by atoms with Crippen LogP contribution < -0.4 is 0 Å². The fraction of sp³-hybridized carbons (Fsp3) is 0.200. The number of benzene rings is 2. The SMILES string of the molecule is N#Cc1cccc(-c2nc(C3CC(=O)N(Cc4cccc(Cl)c4)C3)no2)c1. The predicted octanol–water partition coefficient (Wildman–Crippen LogP) is 3.78. The van der Waals surface area contributed by atoms with Crippen LogP contribution in [0.3, 0.4) is 0 Å². The molecule has 1 aromatic heterocycles. The molecule has 1 unspecified atom stereocenters. The summed E-state index contributed by atoms with van der Waals surface area (Å²) in [6.45, 7) is 1.04. The van der Waals surface area contributed by atoms with Crippen molar-refractivity contribution in [1.29, 1.82) is 5.26 Å². The van der Waals surface area contributed by atoms with Gasteiger partial charge in [0.1, 0.15) is 0 Å². The van der Waals surface area contributed by atoms with Gasteiger partial charge < -0.3 is 9.42 Å². The zero-order valence-electron chi connectivity index (χ0n) is 14.3. The van der Waals surface area contributed by atoms with Crippen LogP contribution in [0, 0.1) is 11.3 Å². The van der Waals surface area contributed by atoms with E-state index in [0.29, 0.717) is 47.4 Å². The molecule has 2 heterocycles. The molecule has 1 aliphatic rings. The molecule has 1 atom stereocenters. The molecular weight excluding hydrogens is 364 g/mol. The van der Waals surface area contributed by atoms with Crippen molar-refractivity contribution in [2.24, 2.45) is 0 Å². The number of rotatable bonds is 4. The van der Waals surface area contributed by atoms with Crippen LogP contribution in [-0.4, -0.2) is 27.5 Å². The second-order valence-corrected chi connectivity index (χ2v) is 6.89. The quantitative estimate of drug-likeness (QED) is 0.689. The second-order valence-electron chi connectivity index (χ2n) is 6.46. The average molecular weight is 379 g/mol. The van der Waals surface area contributed by atoms with Crippen molar-refractivity contribution >= 4 is 17.5 Å². The van der Waals surface area contributed by atoms with Gasteiger partial charge in [0, 0.05) is 36.0 Å². The summed E-state index contributed by atoms with van der Waals surface area (Å²) < 4.78 is 5.35. The van der Waals surface area contributed by atoms with Gasteiger partial charge in [-0.25, -0.2) is 0 Å². The summed E-state index contributed by atoms with van der Waals surface area (Å²) in [7, 11) is 0. The molecule has 0 bridgehead atoms. The summed E-state index contributed by atoms with van der Waals surface area (Å²) in [4.78, 5) is 18.6. The first-order valence-corrected chi connectivity index (χ1v) is 8.86. The topological polar surface area (TPSA) is 83.0 Å². The van der Waals surface area contributed by atoms with Crippen molar-refractivity contribution in [3.05, 3.63) is 70.5 Å². The maximum Gasteiger partial charge on any atom is 0.257 e. The molecule has 7 heteroatoms. The number of halogens is 1. The second kappa shape index (κ2) is 7.22. The van der Waals surface area contributed by atoms with Gasteiger partial charge in [0.25, 0.3) is 5.89 Å². The smallest absolute Gasteiger partial charge is 0.257 e. The van der Waals surface area contributed by atoms with Crippen LogP contribution in [0.5, 0.6) is 0 Å². The Balaban J connectivity index is 1.49. The molecule has 0 saturated carbocycles. The molecule has 0 aliphatic carbocycles. The third kappa shape index (κ3) is 3.69. The van der Waals surface area contributed by atoms with Gasteiger partial charge in [0.05, 0.1) is 11.6 Å². The zero-order chi connectivity index (χ0) is 18.8. The van der Waals surface area contributed by atoms with Crippen LogP contribution in [0.2, 0.25) is 5.02 Å². The first kappa shape index (κ1) is 17.3. The lowest BCUT2D eigenvalue weighted by Crippen LogP contribution is -2.24. The lowest BCUT2D eigenvalue weighted by Gasteiger charge is -2.16. The summed E-state index contributed by atoms with van der Waals surface area (Å²) in [6, 6.07) is 16.6. The summed E-state index contributed by atoms with van der Waals surface area (Å²) in [5.41, 5.74) is 2.20. The largest absolute Gasteiger partial charge is 0.338 e. The molecule has 27 heavy (non-hydrogen) atoms. The summed E-state index contributed by atoms with van der Waals surface area (Å²) in [5, 5.41) is 13.7. The van der Waals surface area contributed by atoms with E-state index in [1.54, 1.807) is 23.1 Å². The molecule has 4 rings (SSSR count). The van der Waals surface area contributed by atoms with Gasteiger partial charge in [-0.2, -0.15) is 10.2 Å². The molecule has 6 nitrogen and oxygen atoms in total. The lowest BCUT2D eigenvalue weighted by atomic mass is 10.1. The highest BCUT2D eigenvalue weighted by molar-refractivity contribution is 6.30. The summed E-state index contributed by atoms with van der Waals surface area (Å²) in [5.74, 6) is 0.795. The highest BCUT2D eigenvalue weighted by Gasteiger charge is 2.33. The highest BCUT2D eigenvalue weighted by Crippen LogP contribution is 2.29. The van der Waals surface area contributed by atoms with Gasteiger partial charge in [-0.05, 0) is 35.9 Å². The first-order chi connectivity index (χ1) is 13.1. The van der Waals surface area contributed by atoms with Crippen molar-refractivity contribution < 1.29 is 9.32 Å². The third-order valence-electron chi connectivity index (χ3n) is 4.52. The van der Waals surface area contributed by atoms with E-state index in [2.05, 4.69) is 16.2 Å². The van der Waals surface area contributed by atoms with E-state index >= 15 is 0 Å². The molecule has 1 aliphatic heterocycles. The van der Waals surface area contributed by atoms with Crippen molar-refractivity contribution in [3.8, 4) is 17.5 Å². The predicted molar refractivity (Wildman–Crippen MR) is 98.7 cm³/mol. The highest BCUT2D eigenvalue weighted by atomic mass is 35.5. The van der Waals surface area contributed by atoms with E-state index in [-0.39, 0.29) is 11.8 Å².